The van der Waals surface area contributed by atoms with Crippen molar-refractivity contribution in [1.29, 1.82) is 5.26 Å². The molecular weight excluding hydrogens is 210 g/mol. The van der Waals surface area contributed by atoms with Crippen LogP contribution in [-0.4, -0.2) is 42.1 Å². The van der Waals surface area contributed by atoms with E-state index in [1.54, 1.807) is 0 Å². The van der Waals surface area contributed by atoms with Crippen LogP contribution in [-0.2, 0) is 4.74 Å². The Morgan fingerprint density at radius 2 is 2.27 bits per heavy atom. The summed E-state index contributed by atoms with van der Waals surface area (Å²) in [5.41, 5.74) is 0. The first-order valence-electron chi connectivity index (χ1n) is 5.19. The van der Waals surface area contributed by atoms with Gasteiger partial charge in [-0.3, -0.25) is 0 Å². The lowest BCUT2D eigenvalue weighted by molar-refractivity contribution is 0.0274. The van der Waals surface area contributed by atoms with Crippen molar-refractivity contribution in [2.45, 2.75) is 25.9 Å². The first-order chi connectivity index (χ1) is 7.31. The number of thioether (sulfide) groups is 1. The minimum Gasteiger partial charge on any atom is -0.378 e. The minimum atomic E-state index is 0.386. The van der Waals surface area contributed by atoms with Crippen molar-refractivity contribution in [3.05, 3.63) is 0 Å². The van der Waals surface area contributed by atoms with Gasteiger partial charge < -0.3 is 9.64 Å². The number of ether oxygens (including phenoxy) is 1. The van der Waals surface area contributed by atoms with Gasteiger partial charge in [-0.25, -0.2) is 0 Å². The van der Waals surface area contributed by atoms with Gasteiger partial charge in [-0.05, 0) is 26.0 Å². The number of hydrogen-bond donors (Lipinski definition) is 0. The standard InChI is InChI=1S/C10H17N3OS/c1-3-14-9-4-6-13(7-5-9)10(15-2)12-8-11/h9H,3-7H2,1-2H3. The lowest BCUT2D eigenvalue weighted by Crippen LogP contribution is -2.39. The van der Waals surface area contributed by atoms with Gasteiger partial charge in [0.05, 0.1) is 6.10 Å². The zero-order chi connectivity index (χ0) is 11.1. The molecule has 15 heavy (non-hydrogen) atoms. The Morgan fingerprint density at radius 1 is 1.60 bits per heavy atom. The Hall–Kier alpha value is -0.730. The van der Waals surface area contributed by atoms with Crippen LogP contribution in [0.5, 0.6) is 0 Å². The molecule has 0 amide bonds. The number of amidine groups is 1. The molecule has 1 aliphatic rings. The van der Waals surface area contributed by atoms with Gasteiger partial charge in [0.25, 0.3) is 0 Å². The SMILES string of the molecule is CCOC1CCN(C(=NC#N)SC)CC1. The third-order valence-electron chi connectivity index (χ3n) is 2.44. The third-order valence-corrected chi connectivity index (χ3v) is 3.16. The van der Waals surface area contributed by atoms with Crippen molar-refractivity contribution >= 4 is 16.9 Å². The van der Waals surface area contributed by atoms with Crippen LogP contribution >= 0.6 is 11.8 Å². The molecule has 0 aromatic rings. The average molecular weight is 227 g/mol. The summed E-state index contributed by atoms with van der Waals surface area (Å²) in [5, 5.41) is 9.36. The summed E-state index contributed by atoms with van der Waals surface area (Å²) in [7, 11) is 0. The highest BCUT2D eigenvalue weighted by Gasteiger charge is 2.21. The zero-order valence-corrected chi connectivity index (χ0v) is 10.1. The molecular formula is C10H17N3OS. The topological polar surface area (TPSA) is 48.6 Å². The van der Waals surface area contributed by atoms with E-state index in [1.165, 1.54) is 11.8 Å². The quantitative estimate of drug-likeness (QED) is 0.409. The van der Waals surface area contributed by atoms with Gasteiger partial charge in [-0.2, -0.15) is 5.26 Å². The van der Waals surface area contributed by atoms with Crippen LogP contribution in [0.4, 0.5) is 0 Å². The van der Waals surface area contributed by atoms with E-state index in [-0.39, 0.29) is 0 Å². The second kappa shape index (κ2) is 6.70. The van der Waals surface area contributed by atoms with Gasteiger partial charge in [-0.15, -0.1) is 4.99 Å². The van der Waals surface area contributed by atoms with Gasteiger partial charge in [0.1, 0.15) is 0 Å². The number of rotatable bonds is 2. The van der Waals surface area contributed by atoms with Crippen LogP contribution in [0.25, 0.3) is 0 Å². The highest BCUT2D eigenvalue weighted by atomic mass is 32.2. The molecule has 1 heterocycles. The van der Waals surface area contributed by atoms with E-state index in [9.17, 15) is 0 Å². The van der Waals surface area contributed by atoms with E-state index in [0.717, 1.165) is 37.7 Å². The Morgan fingerprint density at radius 3 is 2.73 bits per heavy atom. The molecule has 1 saturated heterocycles. The molecule has 0 aliphatic carbocycles. The lowest BCUT2D eigenvalue weighted by atomic mass is 10.1. The molecule has 0 aromatic carbocycles. The molecule has 1 fully saturated rings. The predicted octanol–water partition coefficient (Wildman–Crippen LogP) is 1.69. The number of hydrogen-bond acceptors (Lipinski definition) is 4. The fraction of sp³-hybridized carbons (Fsp3) is 0.800. The summed E-state index contributed by atoms with van der Waals surface area (Å²) < 4.78 is 5.57. The first kappa shape index (κ1) is 12.3. The second-order valence-electron chi connectivity index (χ2n) is 3.34. The van der Waals surface area contributed by atoms with E-state index in [2.05, 4.69) is 9.89 Å². The van der Waals surface area contributed by atoms with Crippen LogP contribution in [0, 0.1) is 11.5 Å². The van der Waals surface area contributed by atoms with Gasteiger partial charge >= 0.3 is 0 Å². The van der Waals surface area contributed by atoms with Gasteiger partial charge in [0.15, 0.2) is 5.17 Å². The van der Waals surface area contributed by atoms with Crippen LogP contribution in [0.15, 0.2) is 4.99 Å². The van der Waals surface area contributed by atoms with E-state index >= 15 is 0 Å². The maximum absolute atomic E-state index is 8.53. The molecule has 0 bridgehead atoms. The number of nitrogens with zero attached hydrogens (tertiary/aromatic N) is 3. The first-order valence-corrected chi connectivity index (χ1v) is 6.41. The lowest BCUT2D eigenvalue weighted by Gasteiger charge is -2.32. The smallest absolute Gasteiger partial charge is 0.208 e. The van der Waals surface area contributed by atoms with E-state index < -0.39 is 0 Å². The number of likely N-dealkylation sites (tertiary alicyclic amines) is 1. The summed E-state index contributed by atoms with van der Waals surface area (Å²) in [4.78, 5) is 5.96. The monoisotopic (exact) mass is 227 g/mol. The van der Waals surface area contributed by atoms with Crippen molar-refractivity contribution in [2.75, 3.05) is 26.0 Å². The Kier molecular flexibility index (Phi) is 5.51. The highest BCUT2D eigenvalue weighted by Crippen LogP contribution is 2.17. The Balaban J connectivity index is 2.43. The summed E-state index contributed by atoms with van der Waals surface area (Å²) in [6.07, 6.45) is 6.23. The zero-order valence-electron chi connectivity index (χ0n) is 9.27. The Labute approximate surface area is 95.3 Å². The van der Waals surface area contributed by atoms with Crippen LogP contribution in [0.3, 0.4) is 0 Å². The summed E-state index contributed by atoms with van der Waals surface area (Å²) in [6, 6.07) is 0. The van der Waals surface area contributed by atoms with Crippen molar-refractivity contribution in [3.63, 3.8) is 0 Å². The maximum atomic E-state index is 8.53. The number of nitriles is 1. The van der Waals surface area contributed by atoms with Crippen molar-refractivity contribution in [3.8, 4) is 6.19 Å². The molecule has 5 heteroatoms. The van der Waals surface area contributed by atoms with Crippen LogP contribution in [0.1, 0.15) is 19.8 Å². The third kappa shape index (κ3) is 3.73. The van der Waals surface area contributed by atoms with E-state index in [0.29, 0.717) is 6.10 Å². The fourth-order valence-corrected chi connectivity index (χ4v) is 2.31. The predicted molar refractivity (Wildman–Crippen MR) is 62.8 cm³/mol. The number of aliphatic imine (C=N–C) groups is 1. The highest BCUT2D eigenvalue weighted by molar-refractivity contribution is 8.13. The van der Waals surface area contributed by atoms with Crippen molar-refractivity contribution in [1.82, 2.24) is 4.90 Å². The largest absolute Gasteiger partial charge is 0.378 e. The van der Waals surface area contributed by atoms with Gasteiger partial charge in [0, 0.05) is 19.7 Å². The van der Waals surface area contributed by atoms with E-state index in [4.69, 9.17) is 10.00 Å². The van der Waals surface area contributed by atoms with Crippen molar-refractivity contribution < 1.29 is 4.74 Å². The van der Waals surface area contributed by atoms with Gasteiger partial charge in [0.2, 0.25) is 6.19 Å². The average Bonchev–Trinajstić information content (AvgIpc) is 2.28. The molecule has 1 rings (SSSR count). The molecule has 0 unspecified atom stereocenters. The molecule has 0 aromatic heterocycles. The molecule has 0 spiro atoms. The van der Waals surface area contributed by atoms with Crippen LogP contribution in [0.2, 0.25) is 0 Å². The van der Waals surface area contributed by atoms with Gasteiger partial charge in [-0.1, -0.05) is 11.8 Å². The maximum Gasteiger partial charge on any atom is 0.208 e. The molecule has 0 saturated carbocycles. The van der Waals surface area contributed by atoms with Crippen LogP contribution < -0.4 is 0 Å². The molecule has 0 atom stereocenters. The molecule has 84 valence electrons. The molecule has 4 nitrogen and oxygen atoms in total. The summed E-state index contributed by atoms with van der Waals surface area (Å²) >= 11 is 1.53. The summed E-state index contributed by atoms with van der Waals surface area (Å²) in [5.74, 6) is 0. The fourth-order valence-electron chi connectivity index (χ4n) is 1.74. The Bertz CT molecular complexity index is 254. The number of piperidine rings is 1. The molecule has 1 aliphatic heterocycles. The van der Waals surface area contributed by atoms with E-state index in [1.807, 2.05) is 19.4 Å². The normalized spacial score (nSPS) is 19.0. The second-order valence-corrected chi connectivity index (χ2v) is 4.11. The minimum absolute atomic E-state index is 0.386. The van der Waals surface area contributed by atoms with Crippen molar-refractivity contribution in [2.24, 2.45) is 4.99 Å². The summed E-state index contributed by atoms with van der Waals surface area (Å²) in [6.45, 7) is 4.68. The molecule has 0 radical (unpaired) electrons. The molecule has 0 N–H and O–H groups in total.